The topological polar surface area (TPSA) is 64.6 Å². The molecule has 0 saturated carbocycles. The predicted molar refractivity (Wildman–Crippen MR) is 87.2 cm³/mol. The van der Waals surface area contributed by atoms with Crippen molar-refractivity contribution in [1.29, 1.82) is 0 Å². The summed E-state index contributed by atoms with van der Waals surface area (Å²) >= 11 is 0. The van der Waals surface area contributed by atoms with Gasteiger partial charge >= 0.3 is 0 Å². The van der Waals surface area contributed by atoms with Gasteiger partial charge in [-0.2, -0.15) is 0 Å². The number of ether oxygens (including phenoxy) is 2. The van der Waals surface area contributed by atoms with Crippen LogP contribution in [0, 0.1) is 20.8 Å². The highest BCUT2D eigenvalue weighted by Crippen LogP contribution is 2.32. The zero-order chi connectivity index (χ0) is 16.6. The number of aryl methyl sites for hydroxylation is 1. The molecule has 0 saturated heterocycles. The Hall–Kier alpha value is -2.05. The summed E-state index contributed by atoms with van der Waals surface area (Å²) in [5.74, 6) is 1.32. The highest BCUT2D eigenvalue weighted by Gasteiger charge is 2.19. The first kappa shape index (κ1) is 15.8. The van der Waals surface area contributed by atoms with Crippen molar-refractivity contribution in [1.82, 2.24) is 4.72 Å². The van der Waals surface area contributed by atoms with Crippen LogP contribution in [0.2, 0.25) is 0 Å². The van der Waals surface area contributed by atoms with Crippen LogP contribution in [-0.2, 0) is 16.6 Å². The van der Waals surface area contributed by atoms with E-state index in [9.17, 15) is 8.42 Å². The molecule has 23 heavy (non-hydrogen) atoms. The fourth-order valence-corrected chi connectivity index (χ4v) is 3.84. The smallest absolute Gasteiger partial charge is 0.241 e. The molecule has 0 aromatic heterocycles. The molecular weight excluding hydrogens is 314 g/mol. The zero-order valence-corrected chi connectivity index (χ0v) is 14.2. The summed E-state index contributed by atoms with van der Waals surface area (Å²) < 4.78 is 38.3. The number of hydrogen-bond acceptors (Lipinski definition) is 4. The first-order chi connectivity index (χ1) is 10.9. The van der Waals surface area contributed by atoms with E-state index in [1.54, 1.807) is 18.2 Å². The van der Waals surface area contributed by atoms with Crippen molar-refractivity contribution < 1.29 is 17.9 Å². The van der Waals surface area contributed by atoms with Gasteiger partial charge in [-0.15, -0.1) is 0 Å². The van der Waals surface area contributed by atoms with Crippen LogP contribution in [0.4, 0.5) is 0 Å². The van der Waals surface area contributed by atoms with Crippen LogP contribution in [-0.4, -0.2) is 15.2 Å². The molecule has 6 heteroatoms. The molecule has 0 amide bonds. The number of nitrogens with one attached hydrogen (secondary N) is 1. The summed E-state index contributed by atoms with van der Waals surface area (Å²) in [6, 6.07) is 8.88. The van der Waals surface area contributed by atoms with Crippen molar-refractivity contribution in [2.24, 2.45) is 0 Å². The number of hydrogen-bond donors (Lipinski definition) is 1. The number of rotatable bonds is 4. The zero-order valence-electron chi connectivity index (χ0n) is 13.3. The molecule has 0 fully saturated rings. The van der Waals surface area contributed by atoms with E-state index in [1.165, 1.54) is 0 Å². The van der Waals surface area contributed by atoms with Crippen LogP contribution in [0.25, 0.3) is 0 Å². The summed E-state index contributed by atoms with van der Waals surface area (Å²) in [4.78, 5) is 0.321. The molecule has 1 aliphatic heterocycles. The van der Waals surface area contributed by atoms with Gasteiger partial charge in [0.05, 0.1) is 4.90 Å². The summed E-state index contributed by atoms with van der Waals surface area (Å²) in [6.45, 7) is 6.13. The average molecular weight is 333 g/mol. The molecule has 0 radical (unpaired) electrons. The van der Waals surface area contributed by atoms with Gasteiger partial charge in [-0.3, -0.25) is 0 Å². The second-order valence-corrected chi connectivity index (χ2v) is 7.38. The normalized spacial score (nSPS) is 13.3. The van der Waals surface area contributed by atoms with Gasteiger partial charge < -0.3 is 9.47 Å². The molecule has 3 rings (SSSR count). The highest BCUT2D eigenvalue weighted by molar-refractivity contribution is 7.89. The van der Waals surface area contributed by atoms with Gasteiger partial charge in [-0.1, -0.05) is 12.1 Å². The summed E-state index contributed by atoms with van der Waals surface area (Å²) in [6.07, 6.45) is 0. The van der Waals surface area contributed by atoms with Gasteiger partial charge in [0.2, 0.25) is 16.8 Å². The van der Waals surface area contributed by atoms with E-state index in [-0.39, 0.29) is 13.3 Å². The number of fused-ring (bicyclic) bond motifs is 1. The van der Waals surface area contributed by atoms with E-state index < -0.39 is 10.0 Å². The third kappa shape index (κ3) is 3.04. The van der Waals surface area contributed by atoms with Crippen molar-refractivity contribution >= 4 is 10.0 Å². The van der Waals surface area contributed by atoms with Crippen molar-refractivity contribution in [2.45, 2.75) is 32.2 Å². The Bertz CT molecular complexity index is 859. The Balaban J connectivity index is 1.81. The maximum absolute atomic E-state index is 12.6. The second kappa shape index (κ2) is 5.86. The average Bonchev–Trinajstić information content (AvgIpc) is 2.98. The fourth-order valence-electron chi connectivity index (χ4n) is 2.53. The lowest BCUT2D eigenvalue weighted by molar-refractivity contribution is 0.174. The Kier molecular flexibility index (Phi) is 4.04. The Labute approximate surface area is 136 Å². The van der Waals surface area contributed by atoms with E-state index in [1.807, 2.05) is 32.9 Å². The molecule has 0 aliphatic carbocycles. The molecule has 0 unspecified atom stereocenters. The molecule has 2 aromatic rings. The van der Waals surface area contributed by atoms with Crippen LogP contribution in [0.5, 0.6) is 11.5 Å². The number of benzene rings is 2. The Morgan fingerprint density at radius 1 is 1.00 bits per heavy atom. The first-order valence-corrected chi connectivity index (χ1v) is 8.82. The molecule has 0 spiro atoms. The molecule has 122 valence electrons. The minimum atomic E-state index is -3.56. The van der Waals surface area contributed by atoms with Crippen LogP contribution < -0.4 is 14.2 Å². The quantitative estimate of drug-likeness (QED) is 0.934. The van der Waals surface area contributed by atoms with Gasteiger partial charge in [-0.05, 0) is 61.2 Å². The van der Waals surface area contributed by atoms with Crippen molar-refractivity contribution in [2.75, 3.05) is 6.79 Å². The molecule has 1 N–H and O–H groups in total. The maximum Gasteiger partial charge on any atom is 0.241 e. The first-order valence-electron chi connectivity index (χ1n) is 7.33. The minimum Gasteiger partial charge on any atom is -0.454 e. The van der Waals surface area contributed by atoms with Crippen molar-refractivity contribution in [3.8, 4) is 11.5 Å². The molecule has 1 aliphatic rings. The second-order valence-electron chi connectivity index (χ2n) is 5.64. The van der Waals surface area contributed by atoms with E-state index in [4.69, 9.17) is 9.47 Å². The fraction of sp³-hybridized carbons (Fsp3) is 0.294. The lowest BCUT2D eigenvalue weighted by atomic mass is 10.1. The lowest BCUT2D eigenvalue weighted by Gasteiger charge is -2.13. The third-order valence-corrected chi connectivity index (χ3v) is 5.75. The van der Waals surface area contributed by atoms with Crippen molar-refractivity contribution in [3.63, 3.8) is 0 Å². The standard InChI is InChI=1S/C17H19NO4S/c1-11-4-7-17(13(3)12(11)2)23(19,20)18-9-14-5-6-15-16(8-14)22-10-21-15/h4-8,18H,9-10H2,1-3H3. The molecule has 0 bridgehead atoms. The molecule has 2 aromatic carbocycles. The summed E-state index contributed by atoms with van der Waals surface area (Å²) in [5.41, 5.74) is 3.68. The molecule has 5 nitrogen and oxygen atoms in total. The monoisotopic (exact) mass is 333 g/mol. The summed E-state index contributed by atoms with van der Waals surface area (Å²) in [7, 11) is -3.56. The Morgan fingerprint density at radius 3 is 2.52 bits per heavy atom. The predicted octanol–water partition coefficient (Wildman–Crippen LogP) is 2.82. The highest BCUT2D eigenvalue weighted by atomic mass is 32.2. The van der Waals surface area contributed by atoms with Gasteiger partial charge in [0, 0.05) is 6.54 Å². The van der Waals surface area contributed by atoms with E-state index in [0.29, 0.717) is 16.4 Å². The van der Waals surface area contributed by atoms with Gasteiger partial charge in [0.25, 0.3) is 0 Å². The van der Waals surface area contributed by atoms with E-state index in [2.05, 4.69) is 4.72 Å². The Morgan fingerprint density at radius 2 is 1.74 bits per heavy atom. The molecule has 1 heterocycles. The minimum absolute atomic E-state index is 0.200. The van der Waals surface area contributed by atoms with Gasteiger partial charge in [0.15, 0.2) is 11.5 Å². The van der Waals surface area contributed by atoms with Crippen LogP contribution in [0.1, 0.15) is 22.3 Å². The van der Waals surface area contributed by atoms with E-state index in [0.717, 1.165) is 22.3 Å². The third-order valence-electron chi connectivity index (χ3n) is 4.20. The van der Waals surface area contributed by atoms with Crippen LogP contribution in [0.15, 0.2) is 35.2 Å². The SMILES string of the molecule is Cc1ccc(S(=O)(=O)NCc2ccc3c(c2)OCO3)c(C)c1C. The molecule has 0 atom stereocenters. The lowest BCUT2D eigenvalue weighted by Crippen LogP contribution is -2.24. The van der Waals surface area contributed by atoms with Gasteiger partial charge in [-0.25, -0.2) is 13.1 Å². The largest absolute Gasteiger partial charge is 0.454 e. The van der Waals surface area contributed by atoms with E-state index >= 15 is 0 Å². The van der Waals surface area contributed by atoms with Crippen molar-refractivity contribution in [3.05, 3.63) is 52.6 Å². The summed E-state index contributed by atoms with van der Waals surface area (Å²) in [5, 5.41) is 0. The van der Waals surface area contributed by atoms with Crippen LogP contribution in [0.3, 0.4) is 0 Å². The van der Waals surface area contributed by atoms with Crippen LogP contribution >= 0.6 is 0 Å². The number of sulfonamides is 1. The maximum atomic E-state index is 12.6. The molecular formula is C17H19NO4S. The van der Waals surface area contributed by atoms with Gasteiger partial charge in [0.1, 0.15) is 0 Å².